The number of halogens is 2. The third-order valence-corrected chi connectivity index (χ3v) is 1.75. The quantitative estimate of drug-likeness (QED) is 0.649. The topological polar surface area (TPSA) is 0 Å². The molecule has 1 aromatic rings. The van der Waals surface area contributed by atoms with E-state index in [2.05, 4.69) is 6.58 Å². The molecule has 0 spiro atoms. The lowest BCUT2D eigenvalue weighted by atomic mass is 10.1. The van der Waals surface area contributed by atoms with Crippen LogP contribution >= 0.6 is 0 Å². The van der Waals surface area contributed by atoms with E-state index in [9.17, 15) is 8.78 Å². The lowest BCUT2D eigenvalue weighted by Gasteiger charge is -2.02. The molecule has 0 saturated carbocycles. The standard InChI is InChI=1S/C10H10F2/c1-2-8-3-4-9(6-11)10(5-8)7-12/h2-5H,1,6-7H2. The maximum absolute atomic E-state index is 12.3. The minimum Gasteiger partial charge on any atom is -0.246 e. The van der Waals surface area contributed by atoms with Crippen LogP contribution in [-0.4, -0.2) is 0 Å². The molecule has 0 amide bonds. The van der Waals surface area contributed by atoms with Crippen LogP contribution in [0.2, 0.25) is 0 Å². The Balaban J connectivity index is 3.10. The molecular weight excluding hydrogens is 158 g/mol. The van der Waals surface area contributed by atoms with Gasteiger partial charge in [-0.15, -0.1) is 0 Å². The maximum atomic E-state index is 12.3. The summed E-state index contributed by atoms with van der Waals surface area (Å²) in [6.45, 7) is 2.31. The molecule has 0 aromatic heterocycles. The Labute approximate surface area is 70.5 Å². The average molecular weight is 168 g/mol. The van der Waals surface area contributed by atoms with Crippen molar-refractivity contribution in [1.29, 1.82) is 0 Å². The number of rotatable bonds is 3. The third kappa shape index (κ3) is 1.70. The highest BCUT2D eigenvalue weighted by Gasteiger charge is 2.01. The molecule has 0 heterocycles. The Hall–Kier alpha value is -1.18. The minimum atomic E-state index is -0.624. The zero-order valence-corrected chi connectivity index (χ0v) is 6.69. The molecule has 0 aliphatic carbocycles. The molecule has 0 aliphatic heterocycles. The summed E-state index contributed by atoms with van der Waals surface area (Å²) < 4.78 is 24.5. The summed E-state index contributed by atoms with van der Waals surface area (Å²) in [5.41, 5.74) is 1.65. The molecule has 0 bridgehead atoms. The van der Waals surface area contributed by atoms with Crippen LogP contribution in [0.4, 0.5) is 8.78 Å². The van der Waals surface area contributed by atoms with Crippen LogP contribution in [0.15, 0.2) is 24.8 Å². The first kappa shape index (κ1) is 8.91. The highest BCUT2D eigenvalue weighted by atomic mass is 19.1. The van der Waals surface area contributed by atoms with E-state index in [1.807, 2.05) is 0 Å². The highest BCUT2D eigenvalue weighted by molar-refractivity contribution is 5.49. The predicted octanol–water partition coefficient (Wildman–Crippen LogP) is 3.27. The van der Waals surface area contributed by atoms with Crippen molar-refractivity contribution < 1.29 is 8.78 Å². The van der Waals surface area contributed by atoms with Crippen molar-refractivity contribution in [3.8, 4) is 0 Å². The van der Waals surface area contributed by atoms with Crippen molar-refractivity contribution in [2.45, 2.75) is 13.3 Å². The molecule has 0 radical (unpaired) electrons. The van der Waals surface area contributed by atoms with E-state index in [4.69, 9.17) is 0 Å². The summed E-state index contributed by atoms with van der Waals surface area (Å²) in [7, 11) is 0. The number of benzene rings is 1. The van der Waals surface area contributed by atoms with Gasteiger partial charge in [0.05, 0.1) is 0 Å². The van der Waals surface area contributed by atoms with Crippen LogP contribution in [0, 0.1) is 0 Å². The lowest BCUT2D eigenvalue weighted by molar-refractivity contribution is 0.454. The van der Waals surface area contributed by atoms with Crippen molar-refractivity contribution in [2.24, 2.45) is 0 Å². The van der Waals surface area contributed by atoms with Gasteiger partial charge in [0.1, 0.15) is 13.3 Å². The maximum Gasteiger partial charge on any atom is 0.115 e. The Morgan fingerprint density at radius 2 is 1.83 bits per heavy atom. The number of hydrogen-bond acceptors (Lipinski definition) is 0. The average Bonchev–Trinajstić information content (AvgIpc) is 2.16. The van der Waals surface area contributed by atoms with E-state index in [0.717, 1.165) is 5.56 Å². The summed E-state index contributed by atoms with van der Waals surface area (Å²) in [5.74, 6) is 0. The Bertz CT molecular complexity index is 279. The van der Waals surface area contributed by atoms with Gasteiger partial charge in [-0.2, -0.15) is 0 Å². The molecule has 12 heavy (non-hydrogen) atoms. The van der Waals surface area contributed by atoms with Crippen molar-refractivity contribution in [3.05, 3.63) is 41.5 Å². The van der Waals surface area contributed by atoms with E-state index in [1.165, 1.54) is 0 Å². The van der Waals surface area contributed by atoms with Gasteiger partial charge >= 0.3 is 0 Å². The molecule has 0 atom stereocenters. The highest BCUT2D eigenvalue weighted by Crippen LogP contribution is 2.15. The van der Waals surface area contributed by atoms with Gasteiger partial charge in [-0.25, -0.2) is 8.78 Å². The summed E-state index contributed by atoms with van der Waals surface area (Å²) in [5, 5.41) is 0. The van der Waals surface area contributed by atoms with Gasteiger partial charge in [0.2, 0.25) is 0 Å². The Morgan fingerprint density at radius 3 is 2.33 bits per heavy atom. The monoisotopic (exact) mass is 168 g/mol. The first-order chi connectivity index (χ1) is 5.81. The molecule has 0 nitrogen and oxygen atoms in total. The fourth-order valence-electron chi connectivity index (χ4n) is 1.03. The van der Waals surface area contributed by atoms with Crippen LogP contribution in [0.3, 0.4) is 0 Å². The van der Waals surface area contributed by atoms with Crippen molar-refractivity contribution >= 4 is 6.08 Å². The fourth-order valence-corrected chi connectivity index (χ4v) is 1.03. The molecule has 64 valence electrons. The van der Waals surface area contributed by atoms with Crippen molar-refractivity contribution in [3.63, 3.8) is 0 Å². The zero-order valence-electron chi connectivity index (χ0n) is 6.69. The lowest BCUT2D eigenvalue weighted by Crippen LogP contribution is -1.89. The molecular formula is C10H10F2. The van der Waals surface area contributed by atoms with Gasteiger partial charge in [-0.3, -0.25) is 0 Å². The minimum absolute atomic E-state index is 0.412. The molecule has 0 saturated heterocycles. The summed E-state index contributed by atoms with van der Waals surface area (Å²) in [6.07, 6.45) is 1.61. The summed E-state index contributed by atoms with van der Waals surface area (Å²) in [6, 6.07) is 4.93. The first-order valence-corrected chi connectivity index (χ1v) is 3.68. The molecule has 2 heteroatoms. The molecule has 1 aromatic carbocycles. The molecule has 0 fully saturated rings. The van der Waals surface area contributed by atoms with Crippen LogP contribution < -0.4 is 0 Å². The summed E-state index contributed by atoms with van der Waals surface area (Å²) in [4.78, 5) is 0. The van der Waals surface area contributed by atoms with Crippen molar-refractivity contribution in [2.75, 3.05) is 0 Å². The second-order valence-electron chi connectivity index (χ2n) is 2.50. The Kier molecular flexibility index (Phi) is 2.97. The van der Waals surface area contributed by atoms with Gasteiger partial charge in [0.25, 0.3) is 0 Å². The zero-order chi connectivity index (χ0) is 8.97. The number of hydrogen-bond donors (Lipinski definition) is 0. The molecule has 0 aliphatic rings. The fraction of sp³-hybridized carbons (Fsp3) is 0.200. The van der Waals surface area contributed by atoms with E-state index in [1.54, 1.807) is 24.3 Å². The van der Waals surface area contributed by atoms with Crippen LogP contribution in [0.5, 0.6) is 0 Å². The molecule has 1 rings (SSSR count). The second-order valence-corrected chi connectivity index (χ2v) is 2.50. The van der Waals surface area contributed by atoms with E-state index >= 15 is 0 Å². The largest absolute Gasteiger partial charge is 0.246 e. The van der Waals surface area contributed by atoms with E-state index in [-0.39, 0.29) is 0 Å². The second kappa shape index (κ2) is 4.00. The van der Waals surface area contributed by atoms with Gasteiger partial charge in [0, 0.05) is 0 Å². The smallest absolute Gasteiger partial charge is 0.115 e. The Morgan fingerprint density at radius 1 is 1.17 bits per heavy atom. The number of alkyl halides is 2. The molecule has 0 unspecified atom stereocenters. The van der Waals surface area contributed by atoms with Gasteiger partial charge in [-0.05, 0) is 22.8 Å². The van der Waals surface area contributed by atoms with Crippen molar-refractivity contribution in [1.82, 2.24) is 0 Å². The third-order valence-electron chi connectivity index (χ3n) is 1.75. The van der Waals surface area contributed by atoms with Crippen LogP contribution in [0.25, 0.3) is 6.08 Å². The normalized spacial score (nSPS) is 9.83. The van der Waals surface area contributed by atoms with Crippen LogP contribution in [0.1, 0.15) is 16.7 Å². The van der Waals surface area contributed by atoms with Gasteiger partial charge in [-0.1, -0.05) is 24.8 Å². The van der Waals surface area contributed by atoms with Gasteiger partial charge in [0.15, 0.2) is 0 Å². The SMILES string of the molecule is C=Cc1ccc(CF)c(CF)c1. The van der Waals surface area contributed by atoms with E-state index in [0.29, 0.717) is 11.1 Å². The van der Waals surface area contributed by atoms with Gasteiger partial charge < -0.3 is 0 Å². The molecule has 0 N–H and O–H groups in total. The van der Waals surface area contributed by atoms with Crippen LogP contribution in [-0.2, 0) is 13.3 Å². The summed E-state index contributed by atoms with van der Waals surface area (Å²) >= 11 is 0. The first-order valence-electron chi connectivity index (χ1n) is 3.68. The van der Waals surface area contributed by atoms with E-state index < -0.39 is 13.3 Å². The predicted molar refractivity (Wildman–Crippen MR) is 46.2 cm³/mol.